The molecule has 2 rings (SSSR count). The first kappa shape index (κ1) is 15.9. The van der Waals surface area contributed by atoms with E-state index in [1.165, 1.54) is 4.88 Å². The van der Waals surface area contributed by atoms with Crippen LogP contribution in [0.3, 0.4) is 0 Å². The summed E-state index contributed by atoms with van der Waals surface area (Å²) < 4.78 is 1.11. The second kappa shape index (κ2) is 7.02. The largest absolute Gasteiger partial charge is 0.345 e. The number of hydrogen-bond donors (Lipinski definition) is 1. The lowest BCUT2D eigenvalue weighted by molar-refractivity contribution is -0.130. The number of hydrogen-bond acceptors (Lipinski definition) is 4. The molecular formula is C14H22BrN3OS. The van der Waals surface area contributed by atoms with E-state index >= 15 is 0 Å². The van der Waals surface area contributed by atoms with Crippen LogP contribution in [0.25, 0.3) is 0 Å². The Labute approximate surface area is 133 Å². The van der Waals surface area contributed by atoms with Crippen molar-refractivity contribution in [3.05, 3.63) is 20.8 Å². The number of thiophene rings is 1. The van der Waals surface area contributed by atoms with Crippen LogP contribution < -0.4 is 5.73 Å². The summed E-state index contributed by atoms with van der Waals surface area (Å²) >= 11 is 5.23. The van der Waals surface area contributed by atoms with Crippen molar-refractivity contribution < 1.29 is 4.79 Å². The Bertz CT molecular complexity index is 465. The van der Waals surface area contributed by atoms with Crippen LogP contribution in [0.1, 0.15) is 30.7 Å². The predicted octanol–water partition coefficient (Wildman–Crippen LogP) is 2.45. The van der Waals surface area contributed by atoms with Crippen LogP contribution in [0.4, 0.5) is 0 Å². The summed E-state index contributed by atoms with van der Waals surface area (Å²) in [4.78, 5) is 17.4. The molecule has 1 aromatic heterocycles. The van der Waals surface area contributed by atoms with Gasteiger partial charge in [0, 0.05) is 31.1 Å². The number of carbonyl (C=O) groups is 1. The van der Waals surface area contributed by atoms with Gasteiger partial charge in [-0.05, 0) is 40.9 Å². The van der Waals surface area contributed by atoms with Gasteiger partial charge >= 0.3 is 0 Å². The quantitative estimate of drug-likeness (QED) is 0.897. The molecule has 0 bridgehead atoms. The van der Waals surface area contributed by atoms with Crippen molar-refractivity contribution in [3.63, 3.8) is 0 Å². The first-order chi connectivity index (χ1) is 9.52. The summed E-state index contributed by atoms with van der Waals surface area (Å²) in [7, 11) is 1.88. The minimum Gasteiger partial charge on any atom is -0.345 e. The van der Waals surface area contributed by atoms with Crippen molar-refractivity contribution in [3.8, 4) is 0 Å². The maximum atomic E-state index is 12.1. The Balaban J connectivity index is 2.24. The van der Waals surface area contributed by atoms with E-state index in [1.807, 2.05) is 11.9 Å². The molecule has 2 unspecified atom stereocenters. The summed E-state index contributed by atoms with van der Waals surface area (Å²) in [5.41, 5.74) is 6.35. The van der Waals surface area contributed by atoms with Crippen molar-refractivity contribution in [2.75, 3.05) is 26.7 Å². The van der Waals surface area contributed by atoms with Crippen LogP contribution in [0.5, 0.6) is 0 Å². The number of likely N-dealkylation sites (N-methyl/N-ethyl adjacent to an activating group) is 1. The van der Waals surface area contributed by atoms with Gasteiger partial charge < -0.3 is 10.6 Å². The van der Waals surface area contributed by atoms with Crippen LogP contribution in [0.15, 0.2) is 15.9 Å². The molecule has 0 spiro atoms. The maximum absolute atomic E-state index is 12.1. The molecule has 1 aliphatic rings. The van der Waals surface area contributed by atoms with Gasteiger partial charge in [-0.15, -0.1) is 11.3 Å². The Morgan fingerprint density at radius 2 is 2.20 bits per heavy atom. The number of amides is 1. The van der Waals surface area contributed by atoms with E-state index < -0.39 is 0 Å². The molecule has 2 N–H and O–H groups in total. The maximum Gasteiger partial charge on any atom is 0.236 e. The highest BCUT2D eigenvalue weighted by molar-refractivity contribution is 9.11. The highest BCUT2D eigenvalue weighted by Crippen LogP contribution is 2.33. The summed E-state index contributed by atoms with van der Waals surface area (Å²) in [5.74, 6) is 0.187. The molecule has 1 fully saturated rings. The van der Waals surface area contributed by atoms with E-state index in [-0.39, 0.29) is 18.0 Å². The smallest absolute Gasteiger partial charge is 0.236 e. The van der Waals surface area contributed by atoms with Crippen LogP contribution in [0, 0.1) is 0 Å². The third-order valence-corrected chi connectivity index (χ3v) is 5.55. The fourth-order valence-electron chi connectivity index (χ4n) is 2.62. The molecule has 1 saturated heterocycles. The Morgan fingerprint density at radius 1 is 1.45 bits per heavy atom. The molecule has 0 aliphatic carbocycles. The highest BCUT2D eigenvalue weighted by Gasteiger charge is 2.30. The van der Waals surface area contributed by atoms with Gasteiger partial charge in [-0.2, -0.15) is 0 Å². The van der Waals surface area contributed by atoms with Crippen LogP contribution in [-0.4, -0.2) is 48.4 Å². The summed E-state index contributed by atoms with van der Waals surface area (Å²) in [6.45, 7) is 4.32. The zero-order valence-electron chi connectivity index (χ0n) is 12.0. The molecule has 2 atom stereocenters. The lowest BCUT2D eigenvalue weighted by Crippen LogP contribution is -2.43. The summed E-state index contributed by atoms with van der Waals surface area (Å²) in [6.07, 6.45) is 1.91. The molecule has 6 heteroatoms. The fourth-order valence-corrected chi connectivity index (χ4v) is 4.25. The van der Waals surface area contributed by atoms with Crippen LogP contribution >= 0.6 is 27.3 Å². The minimum absolute atomic E-state index is 0.0526. The van der Waals surface area contributed by atoms with E-state index in [0.717, 1.165) is 29.7 Å². The zero-order chi connectivity index (χ0) is 14.7. The third kappa shape index (κ3) is 3.61. The zero-order valence-corrected chi connectivity index (χ0v) is 14.4. The van der Waals surface area contributed by atoms with Crippen molar-refractivity contribution in [2.24, 2.45) is 5.73 Å². The number of carbonyl (C=O) groups excluding carboxylic acids is 1. The molecule has 0 saturated carbocycles. The topological polar surface area (TPSA) is 49.6 Å². The van der Waals surface area contributed by atoms with E-state index in [2.05, 4.69) is 39.9 Å². The molecule has 1 amide bonds. The van der Waals surface area contributed by atoms with Gasteiger partial charge in [0.1, 0.15) is 0 Å². The molecule has 112 valence electrons. The number of halogens is 1. The molecule has 20 heavy (non-hydrogen) atoms. The molecule has 4 nitrogen and oxygen atoms in total. The Hall–Kier alpha value is -0.430. The average molecular weight is 360 g/mol. The monoisotopic (exact) mass is 359 g/mol. The van der Waals surface area contributed by atoms with E-state index in [4.69, 9.17) is 5.73 Å². The summed E-state index contributed by atoms with van der Waals surface area (Å²) in [5, 5.41) is 0. The van der Waals surface area contributed by atoms with Gasteiger partial charge in [-0.1, -0.05) is 6.92 Å². The predicted molar refractivity (Wildman–Crippen MR) is 86.9 cm³/mol. The van der Waals surface area contributed by atoms with Gasteiger partial charge in [0.05, 0.1) is 16.4 Å². The lowest BCUT2D eigenvalue weighted by atomic mass is 10.0. The Morgan fingerprint density at radius 3 is 2.80 bits per heavy atom. The first-order valence-electron chi connectivity index (χ1n) is 7.01. The van der Waals surface area contributed by atoms with Gasteiger partial charge in [-0.25, -0.2) is 0 Å². The first-order valence-corrected chi connectivity index (χ1v) is 8.62. The number of nitrogens with two attached hydrogens (primary N) is 1. The van der Waals surface area contributed by atoms with E-state index in [1.54, 1.807) is 11.3 Å². The van der Waals surface area contributed by atoms with Crippen LogP contribution in [-0.2, 0) is 4.79 Å². The van der Waals surface area contributed by atoms with Gasteiger partial charge in [-0.3, -0.25) is 9.69 Å². The molecule has 0 radical (unpaired) electrons. The molecular weight excluding hydrogens is 338 g/mol. The average Bonchev–Trinajstić information content (AvgIpc) is 2.76. The van der Waals surface area contributed by atoms with Crippen molar-refractivity contribution in [1.29, 1.82) is 0 Å². The number of nitrogens with zero attached hydrogens (tertiary/aromatic N) is 2. The third-order valence-electron chi connectivity index (χ3n) is 3.86. The second-order valence-corrected chi connectivity index (χ2v) is 7.79. The van der Waals surface area contributed by atoms with Crippen molar-refractivity contribution >= 4 is 33.2 Å². The van der Waals surface area contributed by atoms with Crippen molar-refractivity contribution in [2.45, 2.75) is 31.8 Å². The van der Waals surface area contributed by atoms with Gasteiger partial charge in [0.25, 0.3) is 0 Å². The molecule has 0 aromatic carbocycles. The van der Waals surface area contributed by atoms with Gasteiger partial charge in [0.15, 0.2) is 0 Å². The minimum atomic E-state index is 0.0526. The normalized spacial score (nSPS) is 20.8. The lowest BCUT2D eigenvalue weighted by Gasteiger charge is -2.33. The van der Waals surface area contributed by atoms with E-state index in [9.17, 15) is 4.79 Å². The molecule has 2 heterocycles. The van der Waals surface area contributed by atoms with E-state index in [0.29, 0.717) is 6.54 Å². The fraction of sp³-hybridized carbons (Fsp3) is 0.643. The highest BCUT2D eigenvalue weighted by atomic mass is 79.9. The molecule has 1 aromatic rings. The second-order valence-electron chi connectivity index (χ2n) is 5.30. The van der Waals surface area contributed by atoms with Crippen LogP contribution in [0.2, 0.25) is 0 Å². The standard InChI is InChI=1S/C14H22BrN3OS/c1-3-10(16)14(11-5-6-12(15)20-11)18-8-4-7-17(2)13(19)9-18/h5-6,10,14H,3-4,7-9,16H2,1-2H3. The molecule has 1 aliphatic heterocycles. The summed E-state index contributed by atoms with van der Waals surface area (Å²) in [6, 6.07) is 4.36. The van der Waals surface area contributed by atoms with Crippen molar-refractivity contribution in [1.82, 2.24) is 9.80 Å². The number of rotatable bonds is 4. The SMILES string of the molecule is CCC(N)C(c1ccc(Br)s1)N1CCCN(C)C(=O)C1. The van der Waals surface area contributed by atoms with Gasteiger partial charge in [0.2, 0.25) is 5.91 Å². The Kier molecular flexibility index (Phi) is 5.60.